The van der Waals surface area contributed by atoms with Crippen LogP contribution in [-0.4, -0.2) is 29.2 Å². The quantitative estimate of drug-likeness (QED) is 0.816. The molecular weight excluding hydrogens is 345 g/mol. The normalized spacial score (nSPS) is 12.0. The Hall–Kier alpha value is -2.51. The van der Waals surface area contributed by atoms with Crippen molar-refractivity contribution in [2.45, 2.75) is 39.4 Å². The SMILES string of the molecule is CCNc1nc(N(c2ccccc2OC)C(C)(C)C)ncc1C(F)(F)F. The zero-order valence-corrected chi connectivity index (χ0v) is 15.5. The summed E-state index contributed by atoms with van der Waals surface area (Å²) in [6.45, 7) is 7.79. The van der Waals surface area contributed by atoms with Crippen molar-refractivity contribution in [3.63, 3.8) is 0 Å². The van der Waals surface area contributed by atoms with Gasteiger partial charge >= 0.3 is 6.18 Å². The van der Waals surface area contributed by atoms with Crippen LogP contribution < -0.4 is 15.0 Å². The van der Waals surface area contributed by atoms with Crippen molar-refractivity contribution in [2.24, 2.45) is 0 Å². The predicted octanol–water partition coefficient (Wildman–Crippen LogP) is 4.87. The number of methoxy groups -OCH3 is 1. The molecule has 1 heterocycles. The molecule has 0 bridgehead atoms. The summed E-state index contributed by atoms with van der Waals surface area (Å²) >= 11 is 0. The topological polar surface area (TPSA) is 50.3 Å². The molecule has 0 saturated carbocycles. The Morgan fingerprint density at radius 1 is 1.15 bits per heavy atom. The lowest BCUT2D eigenvalue weighted by Gasteiger charge is -2.36. The Bertz CT molecular complexity index is 757. The number of rotatable bonds is 5. The first-order valence-electron chi connectivity index (χ1n) is 8.21. The molecule has 26 heavy (non-hydrogen) atoms. The molecule has 2 aromatic rings. The van der Waals surface area contributed by atoms with E-state index in [0.29, 0.717) is 18.0 Å². The van der Waals surface area contributed by atoms with Gasteiger partial charge < -0.3 is 15.0 Å². The van der Waals surface area contributed by atoms with Crippen molar-refractivity contribution in [2.75, 3.05) is 23.9 Å². The van der Waals surface area contributed by atoms with Gasteiger partial charge in [0.1, 0.15) is 17.1 Å². The fourth-order valence-electron chi connectivity index (χ4n) is 2.57. The summed E-state index contributed by atoms with van der Waals surface area (Å²) in [7, 11) is 1.54. The van der Waals surface area contributed by atoms with E-state index in [0.717, 1.165) is 6.20 Å². The molecule has 0 saturated heterocycles. The Balaban J connectivity index is 2.65. The highest BCUT2D eigenvalue weighted by Gasteiger charge is 2.36. The standard InChI is InChI=1S/C18H23F3N4O/c1-6-22-15-12(18(19,20)21)11-23-16(24-15)25(17(2,3)4)13-9-7-8-10-14(13)26-5/h7-11H,6H2,1-5H3,(H,22,23,24). The van der Waals surface area contributed by atoms with Gasteiger partial charge in [-0.3, -0.25) is 0 Å². The minimum Gasteiger partial charge on any atom is -0.495 e. The predicted molar refractivity (Wildman–Crippen MR) is 96.1 cm³/mol. The van der Waals surface area contributed by atoms with E-state index in [2.05, 4.69) is 15.3 Å². The number of benzene rings is 1. The van der Waals surface area contributed by atoms with Gasteiger partial charge in [-0.05, 0) is 39.8 Å². The van der Waals surface area contributed by atoms with Crippen LogP contribution in [0.2, 0.25) is 0 Å². The maximum Gasteiger partial charge on any atom is 0.421 e. The number of ether oxygens (including phenoxy) is 1. The fraction of sp³-hybridized carbons (Fsp3) is 0.444. The lowest BCUT2D eigenvalue weighted by atomic mass is 10.0. The van der Waals surface area contributed by atoms with Gasteiger partial charge in [0.15, 0.2) is 0 Å². The molecule has 1 aromatic carbocycles. The monoisotopic (exact) mass is 368 g/mol. The van der Waals surface area contributed by atoms with Gasteiger partial charge in [0, 0.05) is 18.3 Å². The lowest BCUT2D eigenvalue weighted by molar-refractivity contribution is -0.137. The molecule has 1 aromatic heterocycles. The second-order valence-electron chi connectivity index (χ2n) is 6.64. The summed E-state index contributed by atoms with van der Waals surface area (Å²) in [6, 6.07) is 7.24. The molecule has 0 amide bonds. The zero-order chi connectivity index (χ0) is 19.5. The molecule has 1 N–H and O–H groups in total. The number of anilines is 3. The molecule has 0 aliphatic heterocycles. The number of halogens is 3. The van der Waals surface area contributed by atoms with Crippen molar-refractivity contribution >= 4 is 17.5 Å². The number of hydrogen-bond acceptors (Lipinski definition) is 5. The molecule has 0 aliphatic carbocycles. The van der Waals surface area contributed by atoms with Crippen LogP contribution in [0, 0.1) is 0 Å². The van der Waals surface area contributed by atoms with Gasteiger partial charge in [-0.1, -0.05) is 12.1 Å². The van der Waals surface area contributed by atoms with E-state index >= 15 is 0 Å². The van der Waals surface area contributed by atoms with Crippen LogP contribution in [0.5, 0.6) is 5.75 Å². The van der Waals surface area contributed by atoms with Crippen LogP contribution in [0.4, 0.5) is 30.6 Å². The summed E-state index contributed by atoms with van der Waals surface area (Å²) in [5.41, 5.74) is -0.723. The smallest absolute Gasteiger partial charge is 0.421 e. The third-order valence-corrected chi connectivity index (χ3v) is 3.62. The number of alkyl halides is 3. The van der Waals surface area contributed by atoms with Crippen LogP contribution in [-0.2, 0) is 6.18 Å². The summed E-state index contributed by atoms with van der Waals surface area (Å²) < 4.78 is 45.1. The molecule has 0 radical (unpaired) electrons. The number of hydrogen-bond donors (Lipinski definition) is 1. The van der Waals surface area contributed by atoms with Gasteiger partial charge in [0.05, 0.1) is 12.8 Å². The fourth-order valence-corrected chi connectivity index (χ4v) is 2.57. The number of aromatic nitrogens is 2. The van der Waals surface area contributed by atoms with Gasteiger partial charge in [0.2, 0.25) is 5.95 Å². The third kappa shape index (κ3) is 4.17. The Morgan fingerprint density at radius 2 is 1.81 bits per heavy atom. The van der Waals surface area contributed by atoms with E-state index < -0.39 is 17.3 Å². The number of nitrogens with one attached hydrogen (secondary N) is 1. The summed E-state index contributed by atoms with van der Waals surface area (Å²) in [6.07, 6.45) is -3.72. The summed E-state index contributed by atoms with van der Waals surface area (Å²) in [5, 5.41) is 2.68. The van der Waals surface area contributed by atoms with Crippen LogP contribution >= 0.6 is 0 Å². The first-order valence-corrected chi connectivity index (χ1v) is 8.21. The lowest BCUT2D eigenvalue weighted by Crippen LogP contribution is -2.39. The molecule has 0 atom stereocenters. The Morgan fingerprint density at radius 3 is 2.35 bits per heavy atom. The van der Waals surface area contributed by atoms with Gasteiger partial charge in [-0.2, -0.15) is 18.2 Å². The molecule has 142 valence electrons. The largest absolute Gasteiger partial charge is 0.495 e. The third-order valence-electron chi connectivity index (χ3n) is 3.62. The maximum atomic E-state index is 13.2. The van der Waals surface area contributed by atoms with E-state index in [4.69, 9.17) is 4.74 Å². The molecular formula is C18H23F3N4O. The van der Waals surface area contributed by atoms with Crippen molar-refractivity contribution in [1.82, 2.24) is 9.97 Å². The van der Waals surface area contributed by atoms with Crippen molar-refractivity contribution in [1.29, 1.82) is 0 Å². The van der Waals surface area contributed by atoms with E-state index in [1.807, 2.05) is 39.0 Å². The average molecular weight is 368 g/mol. The van der Waals surface area contributed by atoms with Gasteiger partial charge in [-0.15, -0.1) is 0 Å². The van der Waals surface area contributed by atoms with E-state index in [1.54, 1.807) is 17.9 Å². The highest BCUT2D eigenvalue weighted by Crippen LogP contribution is 2.39. The molecule has 0 fully saturated rings. The van der Waals surface area contributed by atoms with Crippen molar-refractivity contribution in [3.8, 4) is 5.75 Å². The maximum absolute atomic E-state index is 13.2. The van der Waals surface area contributed by atoms with Crippen LogP contribution in [0.1, 0.15) is 33.3 Å². The molecule has 2 rings (SSSR count). The molecule has 0 spiro atoms. The van der Waals surface area contributed by atoms with Crippen LogP contribution in [0.25, 0.3) is 0 Å². The molecule has 0 unspecified atom stereocenters. The Labute approximate surface area is 151 Å². The van der Waals surface area contributed by atoms with E-state index in [9.17, 15) is 13.2 Å². The van der Waals surface area contributed by atoms with Gasteiger partial charge in [0.25, 0.3) is 0 Å². The minimum atomic E-state index is -4.53. The Kier molecular flexibility index (Phi) is 5.63. The highest BCUT2D eigenvalue weighted by molar-refractivity contribution is 5.68. The second kappa shape index (κ2) is 7.39. The van der Waals surface area contributed by atoms with Gasteiger partial charge in [-0.25, -0.2) is 4.98 Å². The van der Waals surface area contributed by atoms with E-state index in [1.165, 1.54) is 7.11 Å². The van der Waals surface area contributed by atoms with Crippen molar-refractivity contribution in [3.05, 3.63) is 36.0 Å². The number of para-hydroxylation sites is 2. The highest BCUT2D eigenvalue weighted by atomic mass is 19.4. The second-order valence-corrected chi connectivity index (χ2v) is 6.64. The first-order chi connectivity index (χ1) is 12.1. The molecule has 8 heteroatoms. The van der Waals surface area contributed by atoms with Crippen molar-refractivity contribution < 1.29 is 17.9 Å². The average Bonchev–Trinajstić information content (AvgIpc) is 2.53. The zero-order valence-electron chi connectivity index (χ0n) is 15.5. The first kappa shape index (κ1) is 19.8. The molecule has 5 nitrogen and oxygen atoms in total. The number of nitrogens with zero attached hydrogens (tertiary/aromatic N) is 3. The minimum absolute atomic E-state index is 0.158. The van der Waals surface area contributed by atoms with Crippen LogP contribution in [0.15, 0.2) is 30.5 Å². The summed E-state index contributed by atoms with van der Waals surface area (Å²) in [5.74, 6) is 0.496. The summed E-state index contributed by atoms with van der Waals surface area (Å²) in [4.78, 5) is 9.94. The molecule has 0 aliphatic rings. The van der Waals surface area contributed by atoms with E-state index in [-0.39, 0.29) is 11.8 Å². The van der Waals surface area contributed by atoms with Crippen LogP contribution in [0.3, 0.4) is 0 Å².